The van der Waals surface area contributed by atoms with Crippen LogP contribution in [0.2, 0.25) is 5.02 Å². The van der Waals surface area contributed by atoms with Gasteiger partial charge in [0.15, 0.2) is 0 Å². The summed E-state index contributed by atoms with van der Waals surface area (Å²) in [5, 5.41) is 4.05. The van der Waals surface area contributed by atoms with Crippen molar-refractivity contribution in [2.45, 2.75) is 38.9 Å². The van der Waals surface area contributed by atoms with Crippen LogP contribution in [0, 0.1) is 0 Å². The lowest BCUT2D eigenvalue weighted by atomic mass is 10.0. The molecule has 1 N–H and O–H groups in total. The van der Waals surface area contributed by atoms with Crippen LogP contribution >= 0.6 is 11.6 Å². The maximum absolute atomic E-state index is 13.3. The van der Waals surface area contributed by atoms with Crippen LogP contribution in [0.4, 0.5) is 5.95 Å². The van der Waals surface area contributed by atoms with E-state index in [4.69, 9.17) is 16.6 Å². The Hall–Kier alpha value is -3.38. The number of aromatic nitrogens is 4. The summed E-state index contributed by atoms with van der Waals surface area (Å²) in [6.45, 7) is 3.59. The summed E-state index contributed by atoms with van der Waals surface area (Å²) in [4.78, 5) is 22.5. The number of hydrogen-bond donors (Lipinski definition) is 1. The van der Waals surface area contributed by atoms with Gasteiger partial charge < -0.3 is 5.32 Å². The van der Waals surface area contributed by atoms with Crippen molar-refractivity contribution in [2.75, 3.05) is 5.32 Å². The molecule has 6 nitrogen and oxygen atoms in total. The van der Waals surface area contributed by atoms with Gasteiger partial charge in [0, 0.05) is 30.7 Å². The minimum absolute atomic E-state index is 0.0307. The van der Waals surface area contributed by atoms with E-state index in [1.54, 1.807) is 6.20 Å². The Morgan fingerprint density at radius 1 is 1.03 bits per heavy atom. The summed E-state index contributed by atoms with van der Waals surface area (Å²) < 4.78 is 3.88. The molecule has 5 rings (SSSR count). The fourth-order valence-electron chi connectivity index (χ4n) is 4.33. The van der Waals surface area contributed by atoms with Crippen LogP contribution in [0.15, 0.2) is 71.7 Å². The van der Waals surface area contributed by atoms with E-state index in [0.29, 0.717) is 17.4 Å². The molecule has 32 heavy (non-hydrogen) atoms. The summed E-state index contributed by atoms with van der Waals surface area (Å²) in [7, 11) is 0. The fourth-order valence-corrected chi connectivity index (χ4v) is 4.53. The summed E-state index contributed by atoms with van der Waals surface area (Å²) in [6, 6.07) is 19.8. The third-order valence-electron chi connectivity index (χ3n) is 5.94. The van der Waals surface area contributed by atoms with Gasteiger partial charge in [-0.2, -0.15) is 0 Å². The Bertz CT molecular complexity index is 1310. The molecule has 0 saturated heterocycles. The van der Waals surface area contributed by atoms with E-state index in [-0.39, 0.29) is 11.6 Å². The van der Waals surface area contributed by atoms with Crippen molar-refractivity contribution in [3.05, 3.63) is 98.9 Å². The van der Waals surface area contributed by atoms with Crippen LogP contribution in [0.5, 0.6) is 0 Å². The van der Waals surface area contributed by atoms with Gasteiger partial charge in [-0.3, -0.25) is 9.48 Å². The van der Waals surface area contributed by atoms with E-state index in [9.17, 15) is 4.79 Å². The molecule has 1 unspecified atom stereocenters. The van der Waals surface area contributed by atoms with Gasteiger partial charge in [-0.05, 0) is 36.6 Å². The standard InChI is InChI=1S/C25H24ClN5O/c1-17(18-8-3-2-4-9-18)28-25-27-13-12-22(29-25)23-20(16-19-10-5-6-11-21(19)26)24(32)31-15-7-14-30(23)31/h2-6,8-13,17H,7,14-16H2,1H3,(H,27,28,29). The Morgan fingerprint density at radius 3 is 2.59 bits per heavy atom. The van der Waals surface area contributed by atoms with E-state index in [1.165, 1.54) is 0 Å². The van der Waals surface area contributed by atoms with Crippen LogP contribution in [0.3, 0.4) is 0 Å². The van der Waals surface area contributed by atoms with Gasteiger partial charge in [0.1, 0.15) is 0 Å². The molecule has 0 spiro atoms. The van der Waals surface area contributed by atoms with Crippen molar-refractivity contribution in [3.63, 3.8) is 0 Å². The molecule has 4 aromatic rings. The molecule has 1 aliphatic heterocycles. The first kappa shape index (κ1) is 20.5. The largest absolute Gasteiger partial charge is 0.348 e. The molecule has 0 bridgehead atoms. The van der Waals surface area contributed by atoms with Gasteiger partial charge in [-0.15, -0.1) is 0 Å². The minimum atomic E-state index is 0.0307. The number of rotatable bonds is 6. The van der Waals surface area contributed by atoms with Gasteiger partial charge >= 0.3 is 0 Å². The Balaban J connectivity index is 1.54. The van der Waals surface area contributed by atoms with Crippen molar-refractivity contribution >= 4 is 17.5 Å². The molecule has 0 saturated carbocycles. The molecule has 1 atom stereocenters. The van der Waals surface area contributed by atoms with Gasteiger partial charge in [0.2, 0.25) is 5.95 Å². The molecule has 2 aromatic carbocycles. The molecule has 162 valence electrons. The quantitative estimate of drug-likeness (QED) is 0.457. The van der Waals surface area contributed by atoms with Gasteiger partial charge in [0.05, 0.1) is 23.0 Å². The zero-order valence-corrected chi connectivity index (χ0v) is 18.6. The number of halogens is 1. The first-order chi connectivity index (χ1) is 15.6. The summed E-state index contributed by atoms with van der Waals surface area (Å²) in [6.07, 6.45) is 3.15. The predicted octanol–water partition coefficient (Wildman–Crippen LogP) is 4.93. The fraction of sp³-hybridized carbons (Fsp3) is 0.240. The van der Waals surface area contributed by atoms with E-state index in [2.05, 4.69) is 34.0 Å². The molecular formula is C25H24ClN5O. The van der Waals surface area contributed by atoms with E-state index < -0.39 is 0 Å². The third kappa shape index (κ3) is 3.82. The van der Waals surface area contributed by atoms with E-state index in [0.717, 1.165) is 47.6 Å². The topological polar surface area (TPSA) is 64.7 Å². The van der Waals surface area contributed by atoms with Crippen molar-refractivity contribution in [1.82, 2.24) is 19.3 Å². The number of hydrogen-bond acceptors (Lipinski definition) is 4. The highest BCUT2D eigenvalue weighted by Crippen LogP contribution is 2.28. The monoisotopic (exact) mass is 445 g/mol. The van der Waals surface area contributed by atoms with E-state index in [1.807, 2.05) is 53.2 Å². The highest BCUT2D eigenvalue weighted by molar-refractivity contribution is 6.31. The molecular weight excluding hydrogens is 422 g/mol. The van der Waals surface area contributed by atoms with Crippen molar-refractivity contribution in [2.24, 2.45) is 0 Å². The maximum atomic E-state index is 13.3. The number of nitrogens with zero attached hydrogens (tertiary/aromatic N) is 4. The molecule has 0 aliphatic carbocycles. The number of fused-ring (bicyclic) bond motifs is 1. The second-order valence-electron chi connectivity index (χ2n) is 8.04. The zero-order valence-electron chi connectivity index (χ0n) is 17.8. The van der Waals surface area contributed by atoms with Crippen LogP contribution in [-0.4, -0.2) is 19.3 Å². The lowest BCUT2D eigenvalue weighted by molar-refractivity contribution is 0.598. The minimum Gasteiger partial charge on any atom is -0.348 e. The Morgan fingerprint density at radius 2 is 1.78 bits per heavy atom. The Labute approximate surface area is 191 Å². The van der Waals surface area contributed by atoms with Crippen molar-refractivity contribution < 1.29 is 0 Å². The summed E-state index contributed by atoms with van der Waals surface area (Å²) >= 11 is 6.41. The van der Waals surface area contributed by atoms with Crippen molar-refractivity contribution in [1.29, 1.82) is 0 Å². The zero-order chi connectivity index (χ0) is 22.1. The third-order valence-corrected chi connectivity index (χ3v) is 6.30. The van der Waals surface area contributed by atoms with Crippen LogP contribution in [0.25, 0.3) is 11.4 Å². The second-order valence-corrected chi connectivity index (χ2v) is 8.45. The highest BCUT2D eigenvalue weighted by Gasteiger charge is 2.26. The summed E-state index contributed by atoms with van der Waals surface area (Å²) in [5.41, 5.74) is 4.43. The van der Waals surface area contributed by atoms with Gasteiger partial charge in [0.25, 0.3) is 5.56 Å². The molecule has 0 radical (unpaired) electrons. The number of benzene rings is 2. The van der Waals surface area contributed by atoms with Crippen LogP contribution < -0.4 is 10.9 Å². The molecule has 1 aliphatic rings. The average molecular weight is 446 g/mol. The second kappa shape index (κ2) is 8.63. The lowest BCUT2D eigenvalue weighted by Crippen LogP contribution is -2.18. The van der Waals surface area contributed by atoms with Crippen LogP contribution in [-0.2, 0) is 19.5 Å². The molecule has 7 heteroatoms. The molecule has 0 amide bonds. The molecule has 2 aromatic heterocycles. The van der Waals surface area contributed by atoms with Gasteiger partial charge in [-0.25, -0.2) is 14.6 Å². The maximum Gasteiger partial charge on any atom is 0.270 e. The predicted molar refractivity (Wildman–Crippen MR) is 127 cm³/mol. The number of nitrogens with one attached hydrogen (secondary N) is 1. The molecule has 0 fully saturated rings. The highest BCUT2D eigenvalue weighted by atomic mass is 35.5. The van der Waals surface area contributed by atoms with E-state index >= 15 is 0 Å². The first-order valence-corrected chi connectivity index (χ1v) is 11.2. The SMILES string of the molecule is CC(Nc1nccc(-c2c(Cc3ccccc3Cl)c(=O)n3n2CCC3)n1)c1ccccc1. The lowest BCUT2D eigenvalue weighted by Gasteiger charge is -2.15. The normalized spacial score (nSPS) is 13.7. The van der Waals surface area contributed by atoms with Crippen molar-refractivity contribution in [3.8, 4) is 11.4 Å². The first-order valence-electron chi connectivity index (χ1n) is 10.8. The molecule has 3 heterocycles. The Kier molecular flexibility index (Phi) is 5.53. The number of anilines is 1. The smallest absolute Gasteiger partial charge is 0.270 e. The summed E-state index contributed by atoms with van der Waals surface area (Å²) in [5.74, 6) is 0.536. The van der Waals surface area contributed by atoms with Crippen LogP contribution in [0.1, 0.15) is 36.1 Å². The average Bonchev–Trinajstić information content (AvgIpc) is 3.38. The van der Waals surface area contributed by atoms with Gasteiger partial charge in [-0.1, -0.05) is 60.1 Å².